The number of hydrogen-bond donors (Lipinski definition) is 2. The van der Waals surface area contributed by atoms with Crippen LogP contribution in [-0.2, 0) is 13.1 Å². The average Bonchev–Trinajstić information content (AvgIpc) is 3.29. The summed E-state index contributed by atoms with van der Waals surface area (Å²) < 4.78 is 13.3. The molecule has 32 heavy (non-hydrogen) atoms. The lowest BCUT2D eigenvalue weighted by atomic mass is 10.1. The van der Waals surface area contributed by atoms with Crippen LogP contribution in [0.5, 0.6) is 11.5 Å². The molecule has 8 heteroatoms. The summed E-state index contributed by atoms with van der Waals surface area (Å²) in [5, 5.41) is 6.65. The Morgan fingerprint density at radius 2 is 1.88 bits per heavy atom. The zero-order valence-electron chi connectivity index (χ0n) is 18.8. The zero-order valence-corrected chi connectivity index (χ0v) is 21.2. The van der Waals surface area contributed by atoms with E-state index in [0.717, 1.165) is 36.1 Å². The molecule has 0 fully saturated rings. The largest absolute Gasteiger partial charge is 0.497 e. The van der Waals surface area contributed by atoms with E-state index in [1.807, 2.05) is 43.7 Å². The maximum Gasteiger partial charge on any atom is 0.191 e. The molecular weight excluding hydrogens is 517 g/mol. The predicted molar refractivity (Wildman–Crippen MR) is 139 cm³/mol. The van der Waals surface area contributed by atoms with Gasteiger partial charge in [-0.25, -0.2) is 9.98 Å². The molecule has 1 atom stereocenters. The number of halogens is 1. The molecule has 7 nitrogen and oxygen atoms in total. The number of imidazole rings is 1. The van der Waals surface area contributed by atoms with Gasteiger partial charge in [-0.15, -0.1) is 24.0 Å². The molecule has 1 heterocycles. The maximum absolute atomic E-state index is 5.98. The minimum atomic E-state index is -0.0329. The van der Waals surface area contributed by atoms with Gasteiger partial charge in [-0.1, -0.05) is 30.3 Å². The zero-order chi connectivity index (χ0) is 21.9. The van der Waals surface area contributed by atoms with E-state index in [-0.39, 0.29) is 30.1 Å². The Hall–Kier alpha value is -2.75. The Kier molecular flexibility index (Phi) is 10.9. The molecule has 0 bridgehead atoms. The van der Waals surface area contributed by atoms with E-state index in [9.17, 15) is 0 Å². The van der Waals surface area contributed by atoms with Gasteiger partial charge in [0, 0.05) is 31.5 Å². The lowest BCUT2D eigenvalue weighted by Crippen LogP contribution is -2.41. The topological polar surface area (TPSA) is 72.7 Å². The molecule has 3 rings (SSSR count). The third-order valence-corrected chi connectivity index (χ3v) is 4.62. The molecule has 0 amide bonds. The van der Waals surface area contributed by atoms with Gasteiger partial charge in [-0.05, 0) is 37.1 Å². The fourth-order valence-electron chi connectivity index (χ4n) is 3.12. The minimum Gasteiger partial charge on any atom is -0.497 e. The number of rotatable bonds is 10. The van der Waals surface area contributed by atoms with Crippen LogP contribution in [0.15, 0.2) is 72.2 Å². The Morgan fingerprint density at radius 1 is 1.09 bits per heavy atom. The minimum absolute atomic E-state index is 0. The molecule has 3 aromatic rings. The molecule has 172 valence electrons. The van der Waals surface area contributed by atoms with Crippen molar-refractivity contribution in [3.05, 3.63) is 78.4 Å². The first-order valence-electron chi connectivity index (χ1n) is 10.5. The standard InChI is InChI=1S/C24H31N5O2.HI/c1-4-26-24(27-15-19(2)31-23-10-6-9-22(14-23)30-3)28-16-20-7-5-8-21(13-20)17-29-12-11-25-18-29;/h5-14,18-19H,4,15-17H2,1-3H3,(H2,26,27,28);1H. The van der Waals surface area contributed by atoms with Gasteiger partial charge in [0.05, 0.1) is 26.5 Å². The van der Waals surface area contributed by atoms with E-state index >= 15 is 0 Å². The van der Waals surface area contributed by atoms with Crippen LogP contribution in [-0.4, -0.2) is 41.8 Å². The van der Waals surface area contributed by atoms with Crippen LogP contribution in [0.1, 0.15) is 25.0 Å². The van der Waals surface area contributed by atoms with Gasteiger partial charge in [0.15, 0.2) is 5.96 Å². The van der Waals surface area contributed by atoms with Crippen molar-refractivity contribution in [3.63, 3.8) is 0 Å². The maximum atomic E-state index is 5.98. The first-order valence-corrected chi connectivity index (χ1v) is 10.5. The molecule has 0 radical (unpaired) electrons. The average molecular weight is 549 g/mol. The highest BCUT2D eigenvalue weighted by Gasteiger charge is 2.07. The van der Waals surface area contributed by atoms with Crippen LogP contribution in [0.4, 0.5) is 0 Å². The third-order valence-electron chi connectivity index (χ3n) is 4.62. The van der Waals surface area contributed by atoms with Crippen molar-refractivity contribution in [2.24, 2.45) is 4.99 Å². The summed E-state index contributed by atoms with van der Waals surface area (Å²) in [6.07, 6.45) is 5.55. The summed E-state index contributed by atoms with van der Waals surface area (Å²) in [5.41, 5.74) is 2.39. The van der Waals surface area contributed by atoms with E-state index < -0.39 is 0 Å². The summed E-state index contributed by atoms with van der Waals surface area (Å²) >= 11 is 0. The van der Waals surface area contributed by atoms with E-state index in [1.54, 1.807) is 13.3 Å². The lowest BCUT2D eigenvalue weighted by molar-refractivity contribution is 0.223. The number of aliphatic imine (C=N–C) groups is 1. The Morgan fingerprint density at radius 3 is 2.62 bits per heavy atom. The molecule has 2 aromatic carbocycles. The smallest absolute Gasteiger partial charge is 0.191 e. The van der Waals surface area contributed by atoms with E-state index in [4.69, 9.17) is 14.5 Å². The number of methoxy groups -OCH3 is 1. The highest BCUT2D eigenvalue weighted by molar-refractivity contribution is 14.0. The van der Waals surface area contributed by atoms with Crippen molar-refractivity contribution < 1.29 is 9.47 Å². The Bertz CT molecular complexity index is 963. The van der Waals surface area contributed by atoms with E-state index in [2.05, 4.69) is 51.4 Å². The van der Waals surface area contributed by atoms with Crippen LogP contribution in [0.25, 0.3) is 0 Å². The summed E-state index contributed by atoms with van der Waals surface area (Å²) in [6.45, 7) is 6.89. The molecular formula is C24H32IN5O2. The molecule has 0 aliphatic heterocycles. The number of ether oxygens (including phenoxy) is 2. The van der Waals surface area contributed by atoms with Crippen molar-refractivity contribution in [3.8, 4) is 11.5 Å². The van der Waals surface area contributed by atoms with Crippen molar-refractivity contribution >= 4 is 29.9 Å². The molecule has 0 spiro atoms. The monoisotopic (exact) mass is 549 g/mol. The first-order chi connectivity index (χ1) is 15.2. The second-order valence-corrected chi connectivity index (χ2v) is 7.24. The summed E-state index contributed by atoms with van der Waals surface area (Å²) in [5.74, 6) is 2.33. The number of nitrogens with zero attached hydrogens (tertiary/aromatic N) is 3. The summed E-state index contributed by atoms with van der Waals surface area (Å²) in [7, 11) is 1.65. The first kappa shape index (κ1) is 25.5. The third kappa shape index (κ3) is 8.41. The van der Waals surface area contributed by atoms with Gasteiger partial charge in [0.25, 0.3) is 0 Å². The lowest BCUT2D eigenvalue weighted by Gasteiger charge is -2.18. The number of guanidine groups is 1. The highest BCUT2D eigenvalue weighted by Crippen LogP contribution is 2.19. The number of benzene rings is 2. The van der Waals surface area contributed by atoms with Gasteiger partial charge in [-0.2, -0.15) is 0 Å². The van der Waals surface area contributed by atoms with Crippen molar-refractivity contribution in [1.29, 1.82) is 0 Å². The van der Waals surface area contributed by atoms with Crippen molar-refractivity contribution in [2.45, 2.75) is 33.0 Å². The second kappa shape index (κ2) is 13.6. The normalized spacial score (nSPS) is 11.9. The molecule has 0 aliphatic carbocycles. The summed E-state index contributed by atoms with van der Waals surface area (Å²) in [4.78, 5) is 8.83. The fraction of sp³-hybridized carbons (Fsp3) is 0.333. The SMILES string of the molecule is CCNC(=NCc1cccc(Cn2ccnc2)c1)NCC(C)Oc1cccc(OC)c1.I. The van der Waals surface area contributed by atoms with Gasteiger partial charge in [0.2, 0.25) is 0 Å². The number of hydrogen-bond acceptors (Lipinski definition) is 4. The second-order valence-electron chi connectivity index (χ2n) is 7.24. The molecule has 0 aliphatic rings. The molecule has 0 saturated heterocycles. The molecule has 0 saturated carbocycles. The van der Waals surface area contributed by atoms with Gasteiger partial charge >= 0.3 is 0 Å². The van der Waals surface area contributed by atoms with Crippen molar-refractivity contribution in [2.75, 3.05) is 20.2 Å². The summed E-state index contributed by atoms with van der Waals surface area (Å²) in [6, 6.07) is 16.1. The van der Waals surface area contributed by atoms with E-state index in [1.165, 1.54) is 5.56 Å². The van der Waals surface area contributed by atoms with Gasteiger partial charge in [0.1, 0.15) is 17.6 Å². The molecule has 1 aromatic heterocycles. The van der Waals surface area contributed by atoms with Crippen LogP contribution in [0.2, 0.25) is 0 Å². The fourth-order valence-corrected chi connectivity index (χ4v) is 3.12. The molecule has 1 unspecified atom stereocenters. The Labute approximate surface area is 207 Å². The van der Waals surface area contributed by atoms with E-state index in [0.29, 0.717) is 13.1 Å². The number of aromatic nitrogens is 2. The quantitative estimate of drug-likeness (QED) is 0.227. The van der Waals surface area contributed by atoms with Crippen molar-refractivity contribution in [1.82, 2.24) is 20.2 Å². The predicted octanol–water partition coefficient (Wildman–Crippen LogP) is 4.08. The van der Waals surface area contributed by atoms with Crippen LogP contribution in [0, 0.1) is 0 Å². The highest BCUT2D eigenvalue weighted by atomic mass is 127. The van der Waals surface area contributed by atoms with Crippen LogP contribution >= 0.6 is 24.0 Å². The number of nitrogens with one attached hydrogen (secondary N) is 2. The Balaban J connectivity index is 0.00000363. The molecule has 2 N–H and O–H groups in total. The van der Waals surface area contributed by atoms with Gasteiger partial charge in [-0.3, -0.25) is 0 Å². The van der Waals surface area contributed by atoms with Crippen LogP contribution < -0.4 is 20.1 Å². The van der Waals surface area contributed by atoms with Crippen LogP contribution in [0.3, 0.4) is 0 Å². The van der Waals surface area contributed by atoms with Gasteiger partial charge < -0.3 is 24.7 Å².